The number of nitrogens with two attached hydrogens (primary N) is 2. The molecule has 0 bridgehead atoms. The van der Waals surface area contributed by atoms with Gasteiger partial charge in [0.1, 0.15) is 12.1 Å². The van der Waals surface area contributed by atoms with Gasteiger partial charge in [-0.1, -0.05) is 20.8 Å². The number of rotatable bonds is 15. The largest absolute Gasteiger partial charge is 0.481 e. The minimum Gasteiger partial charge on any atom is -0.481 e. The summed E-state index contributed by atoms with van der Waals surface area (Å²) in [5, 5.41) is 14.3. The Morgan fingerprint density at radius 2 is 1.78 bits per heavy atom. The summed E-state index contributed by atoms with van der Waals surface area (Å²) in [4.78, 5) is 78.2. The molecule has 0 aromatic rings. The molecule has 3 amide bonds. The summed E-state index contributed by atoms with van der Waals surface area (Å²) in [6, 6.07) is -3.45. The van der Waals surface area contributed by atoms with Crippen molar-refractivity contribution in [2.75, 3.05) is 13.1 Å². The predicted octanol–water partition coefficient (Wildman–Crippen LogP) is -1.07. The molecule has 1 aliphatic rings. The van der Waals surface area contributed by atoms with E-state index in [4.69, 9.17) is 11.5 Å². The van der Waals surface area contributed by atoms with E-state index in [0.29, 0.717) is 12.8 Å². The highest BCUT2D eigenvalue weighted by Gasteiger charge is 2.41. The van der Waals surface area contributed by atoms with E-state index in [2.05, 4.69) is 15.6 Å². The number of Topliss-reactive ketones (excluding diaryl/α,β-unsaturated/α-hetero) is 1. The third kappa shape index (κ3) is 10.4. The average molecular weight is 511 g/mol. The first-order valence-corrected chi connectivity index (χ1v) is 12.0. The van der Waals surface area contributed by atoms with Crippen molar-refractivity contribution in [3.8, 4) is 0 Å². The molecule has 202 valence electrons. The lowest BCUT2D eigenvalue weighted by molar-refractivity contribution is -0.146. The van der Waals surface area contributed by atoms with Crippen LogP contribution in [0.5, 0.6) is 0 Å². The first-order chi connectivity index (χ1) is 16.8. The molecule has 1 saturated heterocycles. The number of hydrogen-bond donors (Lipinski definition) is 5. The number of carbonyl (C=O) groups is 6. The first kappa shape index (κ1) is 30.5. The van der Waals surface area contributed by atoms with Crippen LogP contribution in [0.1, 0.15) is 59.3 Å². The number of guanidine groups is 1. The van der Waals surface area contributed by atoms with E-state index < -0.39 is 54.0 Å². The summed E-state index contributed by atoms with van der Waals surface area (Å²) in [6.07, 6.45) is 0.870. The van der Waals surface area contributed by atoms with Gasteiger partial charge in [-0.15, -0.1) is 0 Å². The fourth-order valence-corrected chi connectivity index (χ4v) is 3.94. The van der Waals surface area contributed by atoms with Gasteiger partial charge in [0.15, 0.2) is 12.2 Å². The fourth-order valence-electron chi connectivity index (χ4n) is 3.94. The summed E-state index contributed by atoms with van der Waals surface area (Å²) in [5.41, 5.74) is 10.5. The molecule has 0 radical (unpaired) electrons. The zero-order valence-corrected chi connectivity index (χ0v) is 21.1. The maximum absolute atomic E-state index is 13.3. The van der Waals surface area contributed by atoms with Gasteiger partial charge in [-0.3, -0.25) is 33.8 Å². The lowest BCUT2D eigenvalue weighted by atomic mass is 10.0. The Bertz CT molecular complexity index is 856. The molecule has 1 rings (SSSR count). The zero-order chi connectivity index (χ0) is 27.4. The number of hydrogen-bond acceptors (Lipinski definition) is 7. The van der Waals surface area contributed by atoms with Crippen LogP contribution in [-0.2, 0) is 28.8 Å². The van der Waals surface area contributed by atoms with Crippen LogP contribution < -0.4 is 22.1 Å². The quantitative estimate of drug-likeness (QED) is 0.0595. The molecule has 0 saturated carbocycles. The van der Waals surface area contributed by atoms with Gasteiger partial charge in [-0.05, 0) is 37.5 Å². The van der Waals surface area contributed by atoms with Crippen molar-refractivity contribution in [1.29, 1.82) is 0 Å². The van der Waals surface area contributed by atoms with Crippen LogP contribution in [0.3, 0.4) is 0 Å². The second kappa shape index (κ2) is 14.8. The number of amides is 3. The average Bonchev–Trinajstić information content (AvgIpc) is 3.19. The highest BCUT2D eigenvalue weighted by atomic mass is 16.4. The Balaban J connectivity index is 2.98. The molecule has 4 atom stereocenters. The summed E-state index contributed by atoms with van der Waals surface area (Å²) >= 11 is 0. The third-order valence-corrected chi connectivity index (χ3v) is 5.78. The fraction of sp³-hybridized carbons (Fsp3) is 0.696. The number of aliphatic imine (C=N–C) groups is 1. The highest BCUT2D eigenvalue weighted by Crippen LogP contribution is 2.25. The molecular weight excluding hydrogens is 472 g/mol. The molecule has 36 heavy (non-hydrogen) atoms. The number of aliphatic carboxylic acids is 1. The van der Waals surface area contributed by atoms with Crippen LogP contribution in [-0.4, -0.2) is 82.9 Å². The number of aldehydes is 1. The Kier molecular flexibility index (Phi) is 12.5. The van der Waals surface area contributed by atoms with Crippen molar-refractivity contribution in [2.45, 2.75) is 77.4 Å². The van der Waals surface area contributed by atoms with Crippen molar-refractivity contribution in [3.63, 3.8) is 0 Å². The van der Waals surface area contributed by atoms with Crippen molar-refractivity contribution < 1.29 is 33.9 Å². The maximum atomic E-state index is 13.3. The van der Waals surface area contributed by atoms with E-state index in [-0.39, 0.29) is 56.4 Å². The highest BCUT2D eigenvalue weighted by molar-refractivity contribution is 6.28. The monoisotopic (exact) mass is 510 g/mol. The molecule has 1 fully saturated rings. The van der Waals surface area contributed by atoms with Crippen LogP contribution in [0.25, 0.3) is 0 Å². The number of carboxylic acids is 1. The van der Waals surface area contributed by atoms with Gasteiger partial charge in [0, 0.05) is 19.5 Å². The van der Waals surface area contributed by atoms with E-state index in [9.17, 15) is 33.9 Å². The number of ketones is 1. The molecule has 1 aliphatic heterocycles. The summed E-state index contributed by atoms with van der Waals surface area (Å²) in [5.74, 6) is -3.86. The van der Waals surface area contributed by atoms with Gasteiger partial charge >= 0.3 is 5.97 Å². The molecule has 7 N–H and O–H groups in total. The molecule has 13 nitrogen and oxygen atoms in total. The molecule has 1 heterocycles. The Morgan fingerprint density at radius 1 is 1.11 bits per heavy atom. The smallest absolute Gasteiger partial charge is 0.305 e. The number of nitrogens with zero attached hydrogens (tertiary/aromatic N) is 2. The number of carboxylic acid groups (broad SMARTS) is 1. The van der Waals surface area contributed by atoms with E-state index in [1.165, 1.54) is 4.90 Å². The summed E-state index contributed by atoms with van der Waals surface area (Å²) in [6.45, 7) is 6.06. The third-order valence-electron chi connectivity index (χ3n) is 5.78. The predicted molar refractivity (Wildman–Crippen MR) is 130 cm³/mol. The maximum Gasteiger partial charge on any atom is 0.305 e. The van der Waals surface area contributed by atoms with Gasteiger partial charge in [-0.25, -0.2) is 0 Å². The van der Waals surface area contributed by atoms with Crippen molar-refractivity contribution in [1.82, 2.24) is 15.5 Å². The Labute approximate surface area is 210 Å². The van der Waals surface area contributed by atoms with Gasteiger partial charge in [0.2, 0.25) is 23.5 Å². The van der Waals surface area contributed by atoms with Crippen LogP contribution >= 0.6 is 0 Å². The van der Waals surface area contributed by atoms with E-state index in [1.54, 1.807) is 0 Å². The minimum atomic E-state index is -1.34. The first-order valence-electron chi connectivity index (χ1n) is 12.0. The van der Waals surface area contributed by atoms with Crippen LogP contribution in [0.15, 0.2) is 4.99 Å². The molecule has 0 aliphatic carbocycles. The van der Waals surface area contributed by atoms with Gasteiger partial charge in [-0.2, -0.15) is 0 Å². The van der Waals surface area contributed by atoms with Crippen LogP contribution in [0.2, 0.25) is 0 Å². The van der Waals surface area contributed by atoms with Gasteiger partial charge in [0.25, 0.3) is 0 Å². The van der Waals surface area contributed by atoms with Crippen LogP contribution in [0, 0.1) is 11.8 Å². The molecule has 0 spiro atoms. The van der Waals surface area contributed by atoms with E-state index >= 15 is 0 Å². The minimum absolute atomic E-state index is 0.0890. The summed E-state index contributed by atoms with van der Waals surface area (Å²) in [7, 11) is 0. The van der Waals surface area contributed by atoms with Crippen molar-refractivity contribution in [2.24, 2.45) is 28.3 Å². The van der Waals surface area contributed by atoms with Gasteiger partial charge in [0.05, 0.1) is 12.5 Å². The molecule has 0 aromatic carbocycles. The molecule has 0 aromatic heterocycles. The second-order valence-electron chi connectivity index (χ2n) is 9.53. The number of carbonyl (C=O) groups excluding carboxylic acids is 5. The van der Waals surface area contributed by atoms with Crippen molar-refractivity contribution >= 4 is 41.7 Å². The molecular formula is C23H38N6O7. The zero-order valence-electron chi connectivity index (χ0n) is 21.1. The second-order valence-corrected chi connectivity index (χ2v) is 9.53. The summed E-state index contributed by atoms with van der Waals surface area (Å²) < 4.78 is 0. The Morgan fingerprint density at radius 3 is 2.33 bits per heavy atom. The Hall–Kier alpha value is -3.51. The standard InChI is InChI=1S/C23H38N6O7/c1-13(2)6-7-19(32)27-16(10-20(33)34)22(36)29-11-14(3)9-17(29)21(35)28-15(18(31)12-30)5-4-8-26-23(24)25/h12-17H,4-11H2,1-3H3,(H,27,32)(H,28,35)(H,33,34)(H4,24,25,26)/t14-,15-,16?,17?/m0/s1. The number of likely N-dealkylation sites (tertiary alicyclic amines) is 1. The van der Waals surface area contributed by atoms with Crippen LogP contribution in [0.4, 0.5) is 0 Å². The number of nitrogens with one attached hydrogen (secondary N) is 2. The SMILES string of the molecule is CC(C)CCC(=O)NC(CC(=O)O)C(=O)N1C[C@@H](C)CC1C(=O)N[C@@H](CCCN=C(N)N)C(=O)C=O. The molecule has 13 heteroatoms. The molecule has 2 unspecified atom stereocenters. The lowest BCUT2D eigenvalue weighted by Crippen LogP contribution is -2.55. The normalized spacial score (nSPS) is 18.7. The van der Waals surface area contributed by atoms with E-state index in [0.717, 1.165) is 0 Å². The topological polar surface area (TPSA) is 214 Å². The van der Waals surface area contributed by atoms with Crippen molar-refractivity contribution in [3.05, 3.63) is 0 Å². The lowest BCUT2D eigenvalue weighted by Gasteiger charge is -2.29. The van der Waals surface area contributed by atoms with Gasteiger partial charge < -0.3 is 32.1 Å². The van der Waals surface area contributed by atoms with E-state index in [1.807, 2.05) is 20.8 Å².